The lowest BCUT2D eigenvalue weighted by atomic mass is 10.0. The molecule has 1 fully saturated rings. The summed E-state index contributed by atoms with van der Waals surface area (Å²) < 4.78 is 1.75. The molecule has 0 radical (unpaired) electrons. The van der Waals surface area contributed by atoms with Gasteiger partial charge in [-0.3, -0.25) is 14.4 Å². The highest BCUT2D eigenvalue weighted by molar-refractivity contribution is 5.99. The molecule has 1 unspecified atom stereocenters. The Labute approximate surface area is 136 Å². The second-order valence-corrected chi connectivity index (χ2v) is 6.57. The highest BCUT2D eigenvalue weighted by Crippen LogP contribution is 2.33. The molecule has 1 aromatic heterocycles. The largest absolute Gasteiger partial charge is 0.359 e. The zero-order chi connectivity index (χ0) is 16.0. The fourth-order valence-electron chi connectivity index (χ4n) is 3.80. The summed E-state index contributed by atoms with van der Waals surface area (Å²) in [7, 11) is 1.88. The molecule has 0 spiro atoms. The van der Waals surface area contributed by atoms with Crippen molar-refractivity contribution in [1.29, 1.82) is 0 Å². The van der Waals surface area contributed by atoms with Gasteiger partial charge in [-0.15, -0.1) is 0 Å². The first-order chi connectivity index (χ1) is 11.1. The Morgan fingerprint density at radius 2 is 2.09 bits per heavy atom. The zero-order valence-electron chi connectivity index (χ0n) is 13.7. The smallest absolute Gasteiger partial charge is 0.250 e. The predicted molar refractivity (Wildman–Crippen MR) is 90.8 cm³/mol. The van der Waals surface area contributed by atoms with Gasteiger partial charge in [-0.05, 0) is 37.8 Å². The molecule has 2 aliphatic heterocycles. The first-order valence-electron chi connectivity index (χ1n) is 8.31. The number of aryl methyl sites for hydroxylation is 2. The van der Waals surface area contributed by atoms with Gasteiger partial charge in [0, 0.05) is 38.1 Å². The van der Waals surface area contributed by atoms with Crippen LogP contribution in [0.5, 0.6) is 0 Å². The van der Waals surface area contributed by atoms with Crippen LogP contribution < -0.4 is 9.80 Å². The maximum absolute atomic E-state index is 13.0. The van der Waals surface area contributed by atoms with E-state index in [2.05, 4.69) is 35.1 Å². The first kappa shape index (κ1) is 14.3. The van der Waals surface area contributed by atoms with Crippen LogP contribution in [0.4, 0.5) is 11.5 Å². The maximum atomic E-state index is 13.0. The third kappa shape index (κ3) is 2.40. The minimum atomic E-state index is -0.0605. The van der Waals surface area contributed by atoms with Gasteiger partial charge in [-0.2, -0.15) is 5.10 Å². The predicted octanol–water partition coefficient (Wildman–Crippen LogP) is 2.29. The average molecular weight is 310 g/mol. The first-order valence-corrected chi connectivity index (χ1v) is 8.31. The molecule has 0 N–H and O–H groups in total. The molecular weight excluding hydrogens is 288 g/mol. The van der Waals surface area contributed by atoms with Crippen LogP contribution >= 0.6 is 0 Å². The van der Waals surface area contributed by atoms with Crippen molar-refractivity contribution in [3.8, 4) is 0 Å². The summed E-state index contributed by atoms with van der Waals surface area (Å²) in [5.41, 5.74) is 3.89. The summed E-state index contributed by atoms with van der Waals surface area (Å²) in [6.45, 7) is 3.82. The Balaban J connectivity index is 1.62. The number of carbonyl (C=O) groups is 1. The van der Waals surface area contributed by atoms with Crippen LogP contribution in [0.15, 0.2) is 30.5 Å². The van der Waals surface area contributed by atoms with E-state index in [9.17, 15) is 4.79 Å². The van der Waals surface area contributed by atoms with Crippen LogP contribution in [-0.4, -0.2) is 34.8 Å². The van der Waals surface area contributed by atoms with E-state index in [1.165, 1.54) is 16.8 Å². The maximum Gasteiger partial charge on any atom is 0.250 e. The number of anilines is 2. The third-order valence-corrected chi connectivity index (χ3v) is 4.93. The van der Waals surface area contributed by atoms with Crippen molar-refractivity contribution < 1.29 is 4.79 Å². The summed E-state index contributed by atoms with van der Waals surface area (Å²) >= 11 is 0. The Kier molecular flexibility index (Phi) is 3.36. The minimum Gasteiger partial charge on any atom is -0.359 e. The molecule has 0 bridgehead atoms. The van der Waals surface area contributed by atoms with Gasteiger partial charge in [0.25, 0.3) is 5.91 Å². The second-order valence-electron chi connectivity index (χ2n) is 6.57. The van der Waals surface area contributed by atoms with E-state index in [1.54, 1.807) is 4.68 Å². The normalized spacial score (nSPS) is 21.0. The van der Waals surface area contributed by atoms with E-state index in [0.717, 1.165) is 38.2 Å². The van der Waals surface area contributed by atoms with Gasteiger partial charge in [0.1, 0.15) is 6.04 Å². The number of nitrogens with zero attached hydrogens (tertiary/aromatic N) is 4. The molecule has 0 saturated carbocycles. The van der Waals surface area contributed by atoms with Crippen molar-refractivity contribution in [3.63, 3.8) is 0 Å². The topological polar surface area (TPSA) is 41.4 Å². The summed E-state index contributed by atoms with van der Waals surface area (Å²) in [5.74, 6) is 0.953. The van der Waals surface area contributed by atoms with E-state index in [-0.39, 0.29) is 11.9 Å². The Hall–Kier alpha value is -2.30. The number of hydrogen-bond acceptors (Lipinski definition) is 3. The number of aromatic nitrogens is 2. The average Bonchev–Trinajstić information content (AvgIpc) is 3.13. The van der Waals surface area contributed by atoms with E-state index >= 15 is 0 Å². The van der Waals surface area contributed by atoms with Gasteiger partial charge in [-0.25, -0.2) is 0 Å². The molecule has 2 aromatic rings. The van der Waals surface area contributed by atoms with E-state index in [4.69, 9.17) is 0 Å². The Morgan fingerprint density at radius 1 is 1.22 bits per heavy atom. The molecule has 1 saturated heterocycles. The third-order valence-electron chi connectivity index (χ3n) is 4.93. The van der Waals surface area contributed by atoms with Crippen LogP contribution in [0.2, 0.25) is 0 Å². The Morgan fingerprint density at radius 3 is 2.87 bits per heavy atom. The van der Waals surface area contributed by atoms with Crippen LogP contribution in [0.3, 0.4) is 0 Å². The number of fused-ring (bicyclic) bond motifs is 1. The Bertz CT molecular complexity index is 751. The summed E-state index contributed by atoms with van der Waals surface area (Å²) in [5, 5.41) is 4.40. The highest BCUT2D eigenvalue weighted by Gasteiger charge is 2.37. The molecule has 120 valence electrons. The molecule has 1 amide bonds. The molecule has 2 aliphatic rings. The molecule has 1 atom stereocenters. The van der Waals surface area contributed by atoms with Gasteiger partial charge in [0.2, 0.25) is 0 Å². The number of rotatable bonds is 2. The molecule has 1 aromatic carbocycles. The van der Waals surface area contributed by atoms with Crippen molar-refractivity contribution in [2.45, 2.75) is 32.2 Å². The quantitative estimate of drug-likeness (QED) is 0.854. The van der Waals surface area contributed by atoms with Gasteiger partial charge in [0.05, 0.1) is 0 Å². The molecule has 4 rings (SSSR count). The zero-order valence-corrected chi connectivity index (χ0v) is 13.7. The van der Waals surface area contributed by atoms with E-state index < -0.39 is 0 Å². The molecular formula is C18H22N4O. The van der Waals surface area contributed by atoms with Crippen LogP contribution in [0, 0.1) is 6.92 Å². The molecule has 0 aliphatic carbocycles. The molecule has 3 heterocycles. The van der Waals surface area contributed by atoms with Crippen molar-refractivity contribution in [3.05, 3.63) is 41.6 Å². The van der Waals surface area contributed by atoms with Crippen LogP contribution in [0.25, 0.3) is 0 Å². The fraction of sp³-hybridized carbons (Fsp3) is 0.444. The molecule has 5 heteroatoms. The summed E-state index contributed by atoms with van der Waals surface area (Å²) in [6, 6.07) is 8.42. The number of hydrogen-bond donors (Lipinski definition) is 0. The number of piperidine rings is 1. The standard InChI is InChI=1S/C18H22N4O/c1-13-5-6-15-14(12-13)7-11-21(15)16-4-3-9-22(18(16)23)17-8-10-20(2)19-17/h5-6,8,10,12,16H,3-4,7,9,11H2,1-2H3. The van der Waals surface area contributed by atoms with E-state index in [0.29, 0.717) is 0 Å². The van der Waals surface area contributed by atoms with Crippen LogP contribution in [0.1, 0.15) is 24.0 Å². The highest BCUT2D eigenvalue weighted by atomic mass is 16.2. The SMILES string of the molecule is Cc1ccc2c(c1)CCN2C1CCCN(c2ccn(C)n2)C1=O. The number of amides is 1. The van der Waals surface area contributed by atoms with Crippen LogP contribution in [-0.2, 0) is 18.3 Å². The minimum absolute atomic E-state index is 0.0605. The van der Waals surface area contributed by atoms with Gasteiger partial charge in [-0.1, -0.05) is 17.7 Å². The van der Waals surface area contributed by atoms with E-state index in [1.807, 2.05) is 24.2 Å². The number of carbonyl (C=O) groups excluding carboxylic acids is 1. The van der Waals surface area contributed by atoms with Crippen molar-refractivity contribution in [1.82, 2.24) is 9.78 Å². The summed E-state index contributed by atoms with van der Waals surface area (Å²) in [6.07, 6.45) is 4.87. The molecule has 5 nitrogen and oxygen atoms in total. The van der Waals surface area contributed by atoms with Crippen molar-refractivity contribution in [2.24, 2.45) is 7.05 Å². The summed E-state index contributed by atoms with van der Waals surface area (Å²) in [4.78, 5) is 17.2. The van der Waals surface area contributed by atoms with Gasteiger partial charge in [0.15, 0.2) is 5.82 Å². The lowest BCUT2D eigenvalue weighted by molar-refractivity contribution is -0.121. The van der Waals surface area contributed by atoms with Crippen molar-refractivity contribution >= 4 is 17.4 Å². The lowest BCUT2D eigenvalue weighted by Gasteiger charge is -2.37. The molecule has 23 heavy (non-hydrogen) atoms. The lowest BCUT2D eigenvalue weighted by Crippen LogP contribution is -2.52. The van der Waals surface area contributed by atoms with Gasteiger partial charge < -0.3 is 4.90 Å². The second kappa shape index (κ2) is 5.41. The fourth-order valence-corrected chi connectivity index (χ4v) is 3.80. The van der Waals surface area contributed by atoms with Crippen molar-refractivity contribution in [2.75, 3.05) is 22.9 Å². The number of benzene rings is 1. The van der Waals surface area contributed by atoms with Gasteiger partial charge >= 0.3 is 0 Å². The monoisotopic (exact) mass is 310 g/mol.